The smallest absolute Gasteiger partial charge is 0.255 e. The minimum Gasteiger partial charge on any atom is -0.384 e. The minimum atomic E-state index is -2.54. The molecule has 0 bridgehead atoms. The largest absolute Gasteiger partial charge is 0.384 e. The van der Waals surface area contributed by atoms with Crippen LogP contribution in [0.25, 0.3) is 0 Å². The molecule has 4 heteroatoms. The second-order valence-corrected chi connectivity index (χ2v) is 3.56. The molecule has 1 atom stereocenters. The molecule has 0 aliphatic carbocycles. The van der Waals surface area contributed by atoms with Crippen LogP contribution >= 0.6 is 0 Å². The van der Waals surface area contributed by atoms with Crippen LogP contribution in [0, 0.1) is 5.92 Å². The van der Waals surface area contributed by atoms with Crippen molar-refractivity contribution in [3.8, 4) is 0 Å². The number of piperidine rings is 1. The van der Waals surface area contributed by atoms with Gasteiger partial charge in [0.2, 0.25) is 0 Å². The van der Waals surface area contributed by atoms with E-state index in [0.29, 0.717) is 13.1 Å². The number of hydrogen-bond acceptors (Lipinski definition) is 2. The zero-order valence-electron chi connectivity index (χ0n) is 8.22. The summed E-state index contributed by atoms with van der Waals surface area (Å²) in [5.74, 6) is -3.17. The highest BCUT2D eigenvalue weighted by atomic mass is 19.3. The van der Waals surface area contributed by atoms with Gasteiger partial charge in [-0.15, -0.1) is 0 Å². The number of hydrogen-bond donors (Lipinski definition) is 0. The molecular formula is C9H17F2NO. The van der Waals surface area contributed by atoms with E-state index in [2.05, 4.69) is 0 Å². The summed E-state index contributed by atoms with van der Waals surface area (Å²) >= 11 is 0. The molecule has 1 aliphatic rings. The third-order valence-corrected chi connectivity index (χ3v) is 2.65. The second kappa shape index (κ2) is 4.33. The average Bonchev–Trinajstić information content (AvgIpc) is 2.09. The molecule has 0 aromatic rings. The molecule has 0 N–H and O–H groups in total. The molecule has 1 unspecified atom stereocenters. The van der Waals surface area contributed by atoms with Gasteiger partial charge in [0, 0.05) is 26.6 Å². The first-order valence-electron chi connectivity index (χ1n) is 4.69. The normalized spacial score (nSPS) is 29.1. The number of halogens is 2. The fraction of sp³-hybridized carbons (Fsp3) is 1.00. The first kappa shape index (κ1) is 10.9. The van der Waals surface area contributed by atoms with Gasteiger partial charge in [0.05, 0.1) is 12.5 Å². The third kappa shape index (κ3) is 2.61. The highest BCUT2D eigenvalue weighted by Crippen LogP contribution is 2.33. The molecule has 1 rings (SSSR count). The Hall–Kier alpha value is -0.220. The summed E-state index contributed by atoms with van der Waals surface area (Å²) in [6.45, 7) is 3.95. The van der Waals surface area contributed by atoms with Gasteiger partial charge in [-0.25, -0.2) is 8.78 Å². The molecule has 1 saturated heterocycles. The monoisotopic (exact) mass is 193 g/mol. The van der Waals surface area contributed by atoms with E-state index in [1.807, 2.05) is 11.8 Å². The fourth-order valence-corrected chi connectivity index (χ4v) is 1.71. The topological polar surface area (TPSA) is 12.5 Å². The molecule has 78 valence electrons. The molecule has 0 aromatic heterocycles. The van der Waals surface area contributed by atoms with Crippen molar-refractivity contribution in [2.24, 2.45) is 5.92 Å². The van der Waals surface area contributed by atoms with E-state index in [-0.39, 0.29) is 13.0 Å². The van der Waals surface area contributed by atoms with Gasteiger partial charge in [0.1, 0.15) is 0 Å². The first-order valence-corrected chi connectivity index (χ1v) is 4.69. The number of methoxy groups -OCH3 is 1. The summed E-state index contributed by atoms with van der Waals surface area (Å²) in [4.78, 5) is 2.04. The van der Waals surface area contributed by atoms with Crippen molar-refractivity contribution >= 4 is 0 Å². The quantitative estimate of drug-likeness (QED) is 0.675. The maximum Gasteiger partial charge on any atom is 0.255 e. The van der Waals surface area contributed by atoms with E-state index in [9.17, 15) is 8.78 Å². The van der Waals surface area contributed by atoms with E-state index in [0.717, 1.165) is 6.54 Å². The Balaban J connectivity index is 2.52. The van der Waals surface area contributed by atoms with Crippen molar-refractivity contribution in [3.63, 3.8) is 0 Å². The van der Waals surface area contributed by atoms with Crippen molar-refractivity contribution in [2.45, 2.75) is 19.3 Å². The number of likely N-dealkylation sites (tertiary alicyclic amines) is 1. The molecule has 1 fully saturated rings. The van der Waals surface area contributed by atoms with Crippen LogP contribution in [0.5, 0.6) is 0 Å². The van der Waals surface area contributed by atoms with E-state index in [1.54, 1.807) is 0 Å². The summed E-state index contributed by atoms with van der Waals surface area (Å²) in [7, 11) is 1.47. The summed E-state index contributed by atoms with van der Waals surface area (Å²) in [6.07, 6.45) is -0.0329. The molecule has 1 heterocycles. The summed E-state index contributed by atoms with van der Waals surface area (Å²) < 4.78 is 31.3. The lowest BCUT2D eigenvalue weighted by atomic mass is 9.94. The molecule has 0 amide bonds. The SMILES string of the molecule is CCN1CCC(F)(F)C(COC)C1. The van der Waals surface area contributed by atoms with Gasteiger partial charge in [-0.2, -0.15) is 0 Å². The van der Waals surface area contributed by atoms with Gasteiger partial charge in [0.15, 0.2) is 0 Å². The van der Waals surface area contributed by atoms with Crippen molar-refractivity contribution in [1.29, 1.82) is 0 Å². The first-order chi connectivity index (χ1) is 6.10. The van der Waals surface area contributed by atoms with Gasteiger partial charge in [-0.1, -0.05) is 6.92 Å². The molecule has 13 heavy (non-hydrogen) atoms. The highest BCUT2D eigenvalue weighted by molar-refractivity contribution is 4.85. The van der Waals surface area contributed by atoms with Gasteiger partial charge < -0.3 is 9.64 Å². The van der Waals surface area contributed by atoms with Crippen LogP contribution in [0.3, 0.4) is 0 Å². The van der Waals surface area contributed by atoms with Gasteiger partial charge >= 0.3 is 0 Å². The molecule has 0 spiro atoms. The predicted octanol–water partition coefficient (Wildman–Crippen LogP) is 1.61. The van der Waals surface area contributed by atoms with Gasteiger partial charge in [-0.05, 0) is 6.54 Å². The maximum absolute atomic E-state index is 13.3. The van der Waals surface area contributed by atoms with Gasteiger partial charge in [0.25, 0.3) is 5.92 Å². The van der Waals surface area contributed by atoms with Crippen LogP contribution in [0.4, 0.5) is 8.78 Å². The predicted molar refractivity (Wildman–Crippen MR) is 47.0 cm³/mol. The Morgan fingerprint density at radius 2 is 2.23 bits per heavy atom. The molecule has 0 radical (unpaired) electrons. The van der Waals surface area contributed by atoms with E-state index in [4.69, 9.17) is 4.74 Å². The zero-order valence-corrected chi connectivity index (χ0v) is 8.22. The molecule has 2 nitrogen and oxygen atoms in total. The summed E-state index contributed by atoms with van der Waals surface area (Å²) in [6, 6.07) is 0. The highest BCUT2D eigenvalue weighted by Gasteiger charge is 2.43. The van der Waals surface area contributed by atoms with Crippen molar-refractivity contribution in [2.75, 3.05) is 33.4 Å². The standard InChI is InChI=1S/C9H17F2NO/c1-3-12-5-4-9(10,11)8(6-12)7-13-2/h8H,3-7H2,1-2H3. The van der Waals surface area contributed by atoms with E-state index >= 15 is 0 Å². The van der Waals surface area contributed by atoms with Crippen LogP contribution in [0.1, 0.15) is 13.3 Å². The van der Waals surface area contributed by atoms with Crippen molar-refractivity contribution < 1.29 is 13.5 Å². The Kier molecular flexibility index (Phi) is 3.62. The summed E-state index contributed by atoms with van der Waals surface area (Å²) in [5, 5.41) is 0. The van der Waals surface area contributed by atoms with Crippen molar-refractivity contribution in [3.05, 3.63) is 0 Å². The van der Waals surface area contributed by atoms with Crippen LogP contribution in [0.15, 0.2) is 0 Å². The number of rotatable bonds is 3. The van der Waals surface area contributed by atoms with Crippen LogP contribution in [-0.4, -0.2) is 44.2 Å². The molecule has 0 saturated carbocycles. The van der Waals surface area contributed by atoms with E-state index < -0.39 is 11.8 Å². The lowest BCUT2D eigenvalue weighted by Crippen LogP contribution is -2.48. The maximum atomic E-state index is 13.3. The number of alkyl halides is 2. The number of nitrogens with zero attached hydrogens (tertiary/aromatic N) is 1. The fourth-order valence-electron chi connectivity index (χ4n) is 1.71. The van der Waals surface area contributed by atoms with Crippen LogP contribution < -0.4 is 0 Å². The second-order valence-electron chi connectivity index (χ2n) is 3.56. The Morgan fingerprint density at radius 3 is 2.77 bits per heavy atom. The van der Waals surface area contributed by atoms with Crippen LogP contribution in [0.2, 0.25) is 0 Å². The third-order valence-electron chi connectivity index (χ3n) is 2.65. The Bertz CT molecular complexity index is 164. The van der Waals surface area contributed by atoms with Crippen molar-refractivity contribution in [1.82, 2.24) is 4.90 Å². The summed E-state index contributed by atoms with van der Waals surface area (Å²) in [5.41, 5.74) is 0. The van der Waals surface area contributed by atoms with Crippen LogP contribution in [-0.2, 0) is 4.74 Å². The van der Waals surface area contributed by atoms with Gasteiger partial charge in [-0.3, -0.25) is 0 Å². The Labute approximate surface area is 77.9 Å². The molecule has 1 aliphatic heterocycles. The average molecular weight is 193 g/mol. The lowest BCUT2D eigenvalue weighted by Gasteiger charge is -2.37. The molecule has 0 aromatic carbocycles. The Morgan fingerprint density at radius 1 is 1.54 bits per heavy atom. The molecular weight excluding hydrogens is 176 g/mol. The zero-order chi connectivity index (χ0) is 9.90. The number of ether oxygens (including phenoxy) is 1. The minimum absolute atomic E-state index is 0.0329. The lowest BCUT2D eigenvalue weighted by molar-refractivity contribution is -0.123. The van der Waals surface area contributed by atoms with E-state index in [1.165, 1.54) is 7.11 Å².